The number of benzene rings is 2. The van der Waals surface area contributed by atoms with E-state index in [1.54, 1.807) is 30.3 Å². The maximum absolute atomic E-state index is 12.2. The number of anilines is 3. The molecular formula is C17H11BrCl2N6O3. The molecule has 1 amide bonds. The van der Waals surface area contributed by atoms with Crippen molar-refractivity contribution in [2.75, 3.05) is 10.7 Å². The van der Waals surface area contributed by atoms with Gasteiger partial charge >= 0.3 is 5.69 Å². The maximum atomic E-state index is 12.2. The molecule has 0 bridgehead atoms. The van der Waals surface area contributed by atoms with Crippen LogP contribution in [0, 0.1) is 10.1 Å². The number of rotatable bonds is 6. The minimum absolute atomic E-state index is 0.0937. The molecule has 3 aromatic rings. The number of halogens is 3. The third-order valence-corrected chi connectivity index (χ3v) is 4.86. The number of nitrogens with zero attached hydrogens (tertiary/aromatic N) is 3. The van der Waals surface area contributed by atoms with Crippen LogP contribution in [0.1, 0.15) is 10.4 Å². The Hall–Kier alpha value is -2.95. The summed E-state index contributed by atoms with van der Waals surface area (Å²) in [6, 6.07) is 11.2. The van der Waals surface area contributed by atoms with Gasteiger partial charge in [0, 0.05) is 15.7 Å². The number of hydrazine groups is 1. The smallest absolute Gasteiger partial charge is 0.334 e. The van der Waals surface area contributed by atoms with Crippen LogP contribution >= 0.6 is 39.1 Å². The Labute approximate surface area is 182 Å². The highest BCUT2D eigenvalue weighted by Crippen LogP contribution is 2.32. The van der Waals surface area contributed by atoms with Crippen LogP contribution in [0.15, 0.2) is 53.3 Å². The van der Waals surface area contributed by atoms with E-state index in [1.807, 2.05) is 0 Å². The van der Waals surface area contributed by atoms with Gasteiger partial charge < -0.3 is 5.32 Å². The second-order valence-corrected chi connectivity index (χ2v) is 7.25. The van der Waals surface area contributed by atoms with Gasteiger partial charge in [0.2, 0.25) is 11.6 Å². The highest BCUT2D eigenvalue weighted by molar-refractivity contribution is 9.10. The summed E-state index contributed by atoms with van der Waals surface area (Å²) in [7, 11) is 0. The van der Waals surface area contributed by atoms with Crippen LogP contribution in [0.2, 0.25) is 10.0 Å². The summed E-state index contributed by atoms with van der Waals surface area (Å²) >= 11 is 15.1. The van der Waals surface area contributed by atoms with Gasteiger partial charge in [-0.25, -0.2) is 9.97 Å². The van der Waals surface area contributed by atoms with Crippen molar-refractivity contribution in [3.63, 3.8) is 0 Å². The first-order valence-corrected chi connectivity index (χ1v) is 9.43. The molecule has 1 aromatic heterocycles. The molecule has 1 heterocycles. The van der Waals surface area contributed by atoms with E-state index in [2.05, 4.69) is 42.1 Å². The number of amides is 1. The molecule has 29 heavy (non-hydrogen) atoms. The van der Waals surface area contributed by atoms with Crippen LogP contribution in [0.25, 0.3) is 0 Å². The zero-order chi connectivity index (χ0) is 21.0. The second kappa shape index (κ2) is 9.03. The lowest BCUT2D eigenvalue weighted by Gasteiger charge is -2.11. The Morgan fingerprint density at radius 2 is 1.72 bits per heavy atom. The van der Waals surface area contributed by atoms with Crippen LogP contribution in [0.4, 0.5) is 23.0 Å². The molecule has 12 heteroatoms. The van der Waals surface area contributed by atoms with Crippen LogP contribution in [0.3, 0.4) is 0 Å². The molecule has 0 aliphatic heterocycles. The molecule has 0 saturated carbocycles. The first kappa shape index (κ1) is 20.8. The predicted octanol–water partition coefficient (Wildman–Crippen LogP) is 4.95. The lowest BCUT2D eigenvalue weighted by molar-refractivity contribution is -0.383. The number of hydrogen-bond donors (Lipinski definition) is 3. The summed E-state index contributed by atoms with van der Waals surface area (Å²) in [5, 5.41) is 15.0. The minimum Gasteiger partial charge on any atom is -0.334 e. The number of hydrogen-bond acceptors (Lipinski definition) is 7. The summed E-state index contributed by atoms with van der Waals surface area (Å²) in [5.41, 5.74) is 5.16. The minimum atomic E-state index is -0.673. The number of carbonyl (C=O) groups excluding carboxylic acids is 1. The first-order valence-electron chi connectivity index (χ1n) is 7.88. The molecule has 0 spiro atoms. The van der Waals surface area contributed by atoms with Crippen LogP contribution in [-0.4, -0.2) is 20.8 Å². The number of nitro groups is 1. The van der Waals surface area contributed by atoms with Crippen LogP contribution in [0.5, 0.6) is 0 Å². The molecule has 0 aliphatic carbocycles. The van der Waals surface area contributed by atoms with Gasteiger partial charge in [0.25, 0.3) is 5.91 Å². The van der Waals surface area contributed by atoms with Gasteiger partial charge in [-0.05, 0) is 42.5 Å². The van der Waals surface area contributed by atoms with Gasteiger partial charge in [-0.2, -0.15) is 0 Å². The molecule has 9 nitrogen and oxygen atoms in total. The van der Waals surface area contributed by atoms with Gasteiger partial charge in [0.1, 0.15) is 6.33 Å². The average molecular weight is 498 g/mol. The molecule has 3 rings (SSSR count). The largest absolute Gasteiger partial charge is 0.355 e. The molecule has 0 unspecified atom stereocenters. The van der Waals surface area contributed by atoms with Gasteiger partial charge in [0.15, 0.2) is 0 Å². The zero-order valence-corrected chi connectivity index (χ0v) is 17.4. The summed E-state index contributed by atoms with van der Waals surface area (Å²) < 4.78 is 0.812. The molecule has 0 radical (unpaired) electrons. The van der Waals surface area contributed by atoms with E-state index in [4.69, 9.17) is 23.2 Å². The van der Waals surface area contributed by atoms with E-state index in [9.17, 15) is 14.9 Å². The molecule has 2 aromatic carbocycles. The molecule has 0 saturated heterocycles. The Morgan fingerprint density at radius 3 is 2.38 bits per heavy atom. The summed E-state index contributed by atoms with van der Waals surface area (Å²) in [5.74, 6) is -0.786. The Morgan fingerprint density at radius 1 is 1.03 bits per heavy atom. The van der Waals surface area contributed by atoms with Gasteiger partial charge in [-0.1, -0.05) is 39.1 Å². The maximum Gasteiger partial charge on any atom is 0.355 e. The summed E-state index contributed by atoms with van der Waals surface area (Å²) in [6.45, 7) is 0. The van der Waals surface area contributed by atoms with E-state index in [0.717, 1.165) is 10.8 Å². The van der Waals surface area contributed by atoms with Crippen LogP contribution in [-0.2, 0) is 0 Å². The van der Waals surface area contributed by atoms with Gasteiger partial charge in [-0.3, -0.25) is 25.8 Å². The summed E-state index contributed by atoms with van der Waals surface area (Å²) in [4.78, 5) is 30.9. The molecule has 0 fully saturated rings. The highest BCUT2D eigenvalue weighted by atomic mass is 79.9. The van der Waals surface area contributed by atoms with Crippen molar-refractivity contribution in [3.8, 4) is 0 Å². The van der Waals surface area contributed by atoms with Crippen molar-refractivity contribution in [1.29, 1.82) is 0 Å². The zero-order valence-electron chi connectivity index (χ0n) is 14.3. The van der Waals surface area contributed by atoms with E-state index in [0.29, 0.717) is 16.3 Å². The fraction of sp³-hybridized carbons (Fsp3) is 0. The Balaban J connectivity index is 1.82. The van der Waals surface area contributed by atoms with Crippen molar-refractivity contribution in [1.82, 2.24) is 15.4 Å². The Bertz CT molecular complexity index is 1080. The highest BCUT2D eigenvalue weighted by Gasteiger charge is 2.24. The van der Waals surface area contributed by atoms with Crippen molar-refractivity contribution in [2.24, 2.45) is 0 Å². The summed E-state index contributed by atoms with van der Waals surface area (Å²) in [6.07, 6.45) is 1.11. The first-order chi connectivity index (χ1) is 13.8. The SMILES string of the molecule is O=C(NNc1ncnc(Nc2ccc(Cl)c(Cl)c2)c1[N+](=O)[O-])c1ccc(Br)cc1. The Kier molecular flexibility index (Phi) is 6.47. The van der Waals surface area contributed by atoms with Crippen LogP contribution < -0.4 is 16.2 Å². The topological polar surface area (TPSA) is 122 Å². The fourth-order valence-electron chi connectivity index (χ4n) is 2.23. The standard InChI is InChI=1S/C17H11BrCl2N6O3/c18-10-3-1-9(2-4-10)17(27)25-24-16-14(26(28)29)15(21-8-22-16)23-11-5-6-12(19)13(20)7-11/h1-8H,(H,25,27)(H2,21,22,23,24). The lowest BCUT2D eigenvalue weighted by Crippen LogP contribution is -2.30. The number of carbonyl (C=O) groups is 1. The normalized spacial score (nSPS) is 10.3. The van der Waals surface area contributed by atoms with Crippen molar-refractivity contribution < 1.29 is 9.72 Å². The lowest BCUT2D eigenvalue weighted by atomic mass is 10.2. The van der Waals surface area contributed by atoms with E-state index in [1.165, 1.54) is 12.1 Å². The van der Waals surface area contributed by atoms with Gasteiger partial charge in [0.05, 0.1) is 15.0 Å². The molecule has 0 atom stereocenters. The second-order valence-electron chi connectivity index (χ2n) is 5.52. The fourth-order valence-corrected chi connectivity index (χ4v) is 2.80. The monoisotopic (exact) mass is 496 g/mol. The molecule has 148 valence electrons. The van der Waals surface area contributed by atoms with E-state index < -0.39 is 16.5 Å². The van der Waals surface area contributed by atoms with E-state index >= 15 is 0 Å². The van der Waals surface area contributed by atoms with E-state index in [-0.39, 0.29) is 16.7 Å². The van der Waals surface area contributed by atoms with Crippen molar-refractivity contribution in [3.05, 3.63) is 79.0 Å². The predicted molar refractivity (Wildman–Crippen MR) is 114 cm³/mol. The van der Waals surface area contributed by atoms with Crippen molar-refractivity contribution >= 4 is 68.0 Å². The molecule has 3 N–H and O–H groups in total. The molecular weight excluding hydrogens is 487 g/mol. The average Bonchev–Trinajstić information content (AvgIpc) is 2.69. The van der Waals surface area contributed by atoms with Gasteiger partial charge in [-0.15, -0.1) is 0 Å². The third kappa shape index (κ3) is 5.11. The third-order valence-electron chi connectivity index (χ3n) is 3.59. The molecule has 0 aliphatic rings. The number of nitrogens with one attached hydrogen (secondary N) is 3. The van der Waals surface area contributed by atoms with Crippen molar-refractivity contribution in [2.45, 2.75) is 0 Å². The number of aromatic nitrogens is 2. The quantitative estimate of drug-likeness (QED) is 0.325.